The van der Waals surface area contributed by atoms with Crippen LogP contribution in [-0.2, 0) is 16.8 Å². The van der Waals surface area contributed by atoms with E-state index in [4.69, 9.17) is 20.9 Å². The van der Waals surface area contributed by atoms with E-state index in [2.05, 4.69) is 35.4 Å². The predicted octanol–water partition coefficient (Wildman–Crippen LogP) is 4.21. The van der Waals surface area contributed by atoms with Crippen LogP contribution in [0.15, 0.2) is 43.0 Å². The topological polar surface area (TPSA) is 92.5 Å². The van der Waals surface area contributed by atoms with Gasteiger partial charge in [0.1, 0.15) is 5.75 Å². The van der Waals surface area contributed by atoms with Gasteiger partial charge >= 0.3 is 5.97 Å². The van der Waals surface area contributed by atoms with Gasteiger partial charge in [0.05, 0.1) is 24.8 Å². The summed E-state index contributed by atoms with van der Waals surface area (Å²) in [4.78, 5) is 12.3. The van der Waals surface area contributed by atoms with E-state index in [0.29, 0.717) is 30.3 Å². The van der Waals surface area contributed by atoms with E-state index in [0.717, 1.165) is 28.9 Å². The van der Waals surface area contributed by atoms with Gasteiger partial charge in [0, 0.05) is 41.7 Å². The predicted molar refractivity (Wildman–Crippen MR) is 128 cm³/mol. The first-order chi connectivity index (χ1) is 15.9. The molecule has 1 aromatic heterocycles. The number of carbonyl (C=O) groups is 1. The minimum absolute atomic E-state index is 0.124. The van der Waals surface area contributed by atoms with Crippen molar-refractivity contribution in [2.75, 3.05) is 13.7 Å². The lowest BCUT2D eigenvalue weighted by Crippen LogP contribution is -2.45. The van der Waals surface area contributed by atoms with Gasteiger partial charge in [0.25, 0.3) is 0 Å². The van der Waals surface area contributed by atoms with E-state index in [9.17, 15) is 4.79 Å². The molecule has 0 spiro atoms. The lowest BCUT2D eigenvalue weighted by molar-refractivity contribution is 0.0599. The third-order valence-corrected chi connectivity index (χ3v) is 7.72. The SMILES string of the molecule is C=Cc1ccc2cc(C3C(N)c4cc(C(=O)OC)cc5c4C3(N)CCO5)n(CC3CC3)c2c1. The maximum absolute atomic E-state index is 12.3. The third-order valence-electron chi connectivity index (χ3n) is 7.72. The smallest absolute Gasteiger partial charge is 0.337 e. The molecule has 2 aromatic carbocycles. The van der Waals surface area contributed by atoms with Crippen molar-refractivity contribution in [2.45, 2.75) is 43.3 Å². The van der Waals surface area contributed by atoms with Crippen LogP contribution in [0.25, 0.3) is 17.0 Å². The number of ether oxygens (including phenoxy) is 2. The maximum atomic E-state index is 12.3. The second-order valence-corrected chi connectivity index (χ2v) is 9.72. The van der Waals surface area contributed by atoms with Gasteiger partial charge in [0.2, 0.25) is 0 Å². The van der Waals surface area contributed by atoms with Crippen molar-refractivity contribution in [1.82, 2.24) is 4.57 Å². The molecule has 3 aromatic rings. The molecule has 0 radical (unpaired) electrons. The number of nitrogens with two attached hydrogens (primary N) is 2. The zero-order valence-corrected chi connectivity index (χ0v) is 18.8. The summed E-state index contributed by atoms with van der Waals surface area (Å²) in [5.41, 5.74) is 19.3. The Balaban J connectivity index is 1.56. The van der Waals surface area contributed by atoms with E-state index in [1.165, 1.54) is 30.9 Å². The van der Waals surface area contributed by atoms with Gasteiger partial charge < -0.3 is 25.5 Å². The van der Waals surface area contributed by atoms with Crippen molar-refractivity contribution in [1.29, 1.82) is 0 Å². The molecule has 33 heavy (non-hydrogen) atoms. The summed E-state index contributed by atoms with van der Waals surface area (Å²) in [6, 6.07) is 11.9. The van der Waals surface area contributed by atoms with Crippen molar-refractivity contribution >= 4 is 22.9 Å². The summed E-state index contributed by atoms with van der Waals surface area (Å²) in [6.07, 6.45) is 5.07. The second-order valence-electron chi connectivity index (χ2n) is 9.72. The quantitative estimate of drug-likeness (QED) is 0.576. The minimum atomic E-state index is -0.659. The van der Waals surface area contributed by atoms with E-state index >= 15 is 0 Å². The fourth-order valence-corrected chi connectivity index (χ4v) is 5.90. The molecule has 6 nitrogen and oxygen atoms in total. The molecule has 1 fully saturated rings. The standard InChI is InChI=1S/C27H29N3O3/c1-3-15-6-7-17-12-21(30(20(17)10-15)14-16-4-5-16)24-25(28)19-11-18(26(31)32-2)13-22-23(19)27(24,29)8-9-33-22/h3,6-7,10-13,16,24-25H,1,4-5,8-9,14,28-29H2,2H3. The van der Waals surface area contributed by atoms with Gasteiger partial charge in [-0.2, -0.15) is 0 Å². The number of nitrogens with zero attached hydrogens (tertiary/aromatic N) is 1. The Morgan fingerprint density at radius 1 is 1.30 bits per heavy atom. The molecule has 6 rings (SSSR count). The molecule has 3 atom stereocenters. The molecular formula is C27H29N3O3. The zero-order valence-electron chi connectivity index (χ0n) is 18.8. The fraction of sp³-hybridized carbons (Fsp3) is 0.370. The number of hydrogen-bond donors (Lipinski definition) is 2. The summed E-state index contributed by atoms with van der Waals surface area (Å²) in [5, 5.41) is 1.19. The number of hydrogen-bond acceptors (Lipinski definition) is 5. The van der Waals surface area contributed by atoms with Crippen LogP contribution in [-0.4, -0.2) is 24.3 Å². The number of rotatable bonds is 5. The Kier molecular flexibility index (Phi) is 4.48. The highest BCUT2D eigenvalue weighted by atomic mass is 16.5. The average Bonchev–Trinajstić information content (AvgIpc) is 3.54. The first kappa shape index (κ1) is 20.5. The summed E-state index contributed by atoms with van der Waals surface area (Å²) in [7, 11) is 1.38. The molecule has 2 aliphatic carbocycles. The summed E-state index contributed by atoms with van der Waals surface area (Å²) in [6.45, 7) is 5.40. The van der Waals surface area contributed by atoms with Gasteiger partial charge in [-0.3, -0.25) is 0 Å². The summed E-state index contributed by atoms with van der Waals surface area (Å²) >= 11 is 0. The molecule has 170 valence electrons. The maximum Gasteiger partial charge on any atom is 0.337 e. The van der Waals surface area contributed by atoms with Crippen molar-refractivity contribution in [3.63, 3.8) is 0 Å². The van der Waals surface area contributed by atoms with Gasteiger partial charge in [0.15, 0.2) is 0 Å². The van der Waals surface area contributed by atoms with Crippen LogP contribution in [0.5, 0.6) is 5.75 Å². The lowest BCUT2D eigenvalue weighted by Gasteiger charge is -2.38. The van der Waals surface area contributed by atoms with Crippen LogP contribution in [0.1, 0.15) is 64.0 Å². The average molecular weight is 444 g/mol. The van der Waals surface area contributed by atoms with Crippen molar-refractivity contribution in [3.8, 4) is 5.75 Å². The van der Waals surface area contributed by atoms with Crippen LogP contribution in [0.2, 0.25) is 0 Å². The fourth-order valence-electron chi connectivity index (χ4n) is 5.90. The minimum Gasteiger partial charge on any atom is -0.493 e. The molecule has 1 aliphatic heterocycles. The number of methoxy groups -OCH3 is 1. The van der Waals surface area contributed by atoms with E-state index < -0.39 is 11.5 Å². The third kappa shape index (κ3) is 2.97. The molecule has 0 saturated heterocycles. The molecule has 3 unspecified atom stereocenters. The number of fused-ring (bicyclic) bond motifs is 1. The Bertz CT molecular complexity index is 1310. The Hall–Kier alpha value is -3.09. The largest absolute Gasteiger partial charge is 0.493 e. The first-order valence-corrected chi connectivity index (χ1v) is 11.6. The molecule has 4 N–H and O–H groups in total. The monoisotopic (exact) mass is 443 g/mol. The molecule has 0 bridgehead atoms. The summed E-state index contributed by atoms with van der Waals surface area (Å²) < 4.78 is 13.4. The highest BCUT2D eigenvalue weighted by Crippen LogP contribution is 2.58. The van der Waals surface area contributed by atoms with Crippen LogP contribution < -0.4 is 16.2 Å². The number of carbonyl (C=O) groups excluding carboxylic acids is 1. The van der Waals surface area contributed by atoms with E-state index in [1.807, 2.05) is 12.1 Å². The van der Waals surface area contributed by atoms with Crippen molar-refractivity contribution in [2.24, 2.45) is 17.4 Å². The molecular weight excluding hydrogens is 414 g/mol. The van der Waals surface area contributed by atoms with Crippen LogP contribution in [0.4, 0.5) is 0 Å². The molecule has 6 heteroatoms. The van der Waals surface area contributed by atoms with Gasteiger partial charge in [-0.25, -0.2) is 4.79 Å². The number of benzene rings is 2. The van der Waals surface area contributed by atoms with Crippen LogP contribution >= 0.6 is 0 Å². The lowest BCUT2D eigenvalue weighted by atomic mass is 9.77. The molecule has 3 aliphatic rings. The van der Waals surface area contributed by atoms with Crippen LogP contribution in [0.3, 0.4) is 0 Å². The number of esters is 1. The van der Waals surface area contributed by atoms with E-state index in [-0.39, 0.29) is 12.0 Å². The number of aromatic nitrogens is 1. The Morgan fingerprint density at radius 3 is 2.85 bits per heavy atom. The Morgan fingerprint density at radius 2 is 2.12 bits per heavy atom. The zero-order chi connectivity index (χ0) is 22.9. The highest BCUT2D eigenvalue weighted by molar-refractivity contribution is 5.91. The molecule has 2 heterocycles. The van der Waals surface area contributed by atoms with Crippen LogP contribution in [0, 0.1) is 5.92 Å². The second kappa shape index (κ2) is 7.20. The molecule has 0 amide bonds. The molecule has 1 saturated carbocycles. The van der Waals surface area contributed by atoms with Gasteiger partial charge in [-0.05, 0) is 59.5 Å². The normalized spacial score (nSPS) is 25.5. The first-order valence-electron chi connectivity index (χ1n) is 11.6. The van der Waals surface area contributed by atoms with Crippen molar-refractivity contribution in [3.05, 3.63) is 70.9 Å². The van der Waals surface area contributed by atoms with E-state index in [1.54, 1.807) is 6.07 Å². The van der Waals surface area contributed by atoms with Gasteiger partial charge in [-0.15, -0.1) is 0 Å². The summed E-state index contributed by atoms with van der Waals surface area (Å²) in [5.74, 6) is 0.817. The Labute approximate surface area is 193 Å². The van der Waals surface area contributed by atoms with Gasteiger partial charge in [-0.1, -0.05) is 24.8 Å². The highest BCUT2D eigenvalue weighted by Gasteiger charge is 2.54. The van der Waals surface area contributed by atoms with Crippen molar-refractivity contribution < 1.29 is 14.3 Å².